The third-order valence-electron chi connectivity index (χ3n) is 5.14. The minimum atomic E-state index is -0.630. The summed E-state index contributed by atoms with van der Waals surface area (Å²) in [5.41, 5.74) is 1.82. The van der Waals surface area contributed by atoms with Gasteiger partial charge in [0.1, 0.15) is 4.83 Å². The van der Waals surface area contributed by atoms with Crippen molar-refractivity contribution >= 4 is 39.1 Å². The Kier molecular flexibility index (Phi) is 5.25. The zero-order chi connectivity index (χ0) is 19.8. The van der Waals surface area contributed by atoms with Crippen LogP contribution in [0.4, 0.5) is 0 Å². The first-order chi connectivity index (χ1) is 13.4. The number of fused-ring (bicyclic) bond motifs is 3. The molecule has 0 aliphatic heterocycles. The smallest absolute Gasteiger partial charge is 0.310 e. The summed E-state index contributed by atoms with van der Waals surface area (Å²) in [6, 6.07) is 7.05. The monoisotopic (exact) mass is 416 g/mol. The Morgan fingerprint density at radius 1 is 1.39 bits per heavy atom. The molecule has 1 aliphatic carbocycles. The maximum Gasteiger partial charge on any atom is 0.310 e. The third-order valence-corrected chi connectivity index (χ3v) is 6.54. The lowest BCUT2D eigenvalue weighted by molar-refractivity contribution is -0.148. The maximum absolute atomic E-state index is 12.7. The van der Waals surface area contributed by atoms with Crippen molar-refractivity contribution in [2.45, 2.75) is 45.6 Å². The number of hydrogen-bond acceptors (Lipinski definition) is 5. The highest BCUT2D eigenvalue weighted by Gasteiger charge is 2.24. The highest BCUT2D eigenvalue weighted by atomic mass is 35.5. The number of benzene rings is 1. The zero-order valence-corrected chi connectivity index (χ0v) is 17.3. The van der Waals surface area contributed by atoms with Crippen LogP contribution in [0.2, 0.25) is 5.02 Å². The Hall–Kier alpha value is -2.18. The van der Waals surface area contributed by atoms with Crippen molar-refractivity contribution < 1.29 is 9.53 Å². The number of aromatic amines is 1. The molecule has 0 saturated carbocycles. The molecular weight excluding hydrogens is 396 g/mol. The lowest BCUT2D eigenvalue weighted by atomic mass is 9.89. The summed E-state index contributed by atoms with van der Waals surface area (Å²) in [5.74, 6) is 0.636. The van der Waals surface area contributed by atoms with E-state index in [1.807, 2.05) is 0 Å². The molecule has 3 aromatic rings. The van der Waals surface area contributed by atoms with E-state index in [2.05, 4.69) is 16.9 Å². The largest absolute Gasteiger partial charge is 0.454 e. The fourth-order valence-electron chi connectivity index (χ4n) is 3.62. The van der Waals surface area contributed by atoms with Crippen LogP contribution >= 0.6 is 22.9 Å². The normalized spacial score (nSPS) is 17.3. The van der Waals surface area contributed by atoms with E-state index in [9.17, 15) is 9.59 Å². The summed E-state index contributed by atoms with van der Waals surface area (Å²) in [5, 5.41) is 1.32. The van der Waals surface area contributed by atoms with Crippen LogP contribution in [0.1, 0.15) is 48.2 Å². The number of halogens is 1. The van der Waals surface area contributed by atoms with Gasteiger partial charge in [0.25, 0.3) is 5.56 Å². The Labute approximate surface area is 171 Å². The number of carbonyl (C=O) groups excluding carboxylic acids is 1. The summed E-state index contributed by atoms with van der Waals surface area (Å²) in [7, 11) is 0. The average molecular weight is 417 g/mol. The van der Waals surface area contributed by atoms with Crippen molar-refractivity contribution in [1.82, 2.24) is 9.97 Å². The van der Waals surface area contributed by atoms with Gasteiger partial charge in [-0.3, -0.25) is 9.59 Å². The number of aromatic nitrogens is 2. The Morgan fingerprint density at radius 3 is 2.89 bits per heavy atom. The maximum atomic E-state index is 12.7. The molecular formula is C21H21ClN2O3S. The molecule has 0 spiro atoms. The molecule has 2 aromatic heterocycles. The molecule has 0 amide bonds. The Balaban J connectivity index is 1.54. The van der Waals surface area contributed by atoms with Gasteiger partial charge < -0.3 is 9.72 Å². The second-order valence-electron chi connectivity index (χ2n) is 7.42. The van der Waals surface area contributed by atoms with Crippen molar-refractivity contribution in [3.05, 3.63) is 61.5 Å². The molecule has 0 saturated heterocycles. The second-order valence-corrected chi connectivity index (χ2v) is 8.94. The number of hydrogen-bond donors (Lipinski definition) is 1. The van der Waals surface area contributed by atoms with Gasteiger partial charge >= 0.3 is 5.97 Å². The predicted octanol–water partition coefficient (Wildman–Crippen LogP) is 4.61. The summed E-state index contributed by atoms with van der Waals surface area (Å²) < 4.78 is 5.49. The highest BCUT2D eigenvalue weighted by Crippen LogP contribution is 2.36. The van der Waals surface area contributed by atoms with Crippen LogP contribution in [-0.4, -0.2) is 15.9 Å². The van der Waals surface area contributed by atoms with Gasteiger partial charge in [0.05, 0.1) is 11.8 Å². The van der Waals surface area contributed by atoms with Crippen LogP contribution < -0.4 is 5.56 Å². The van der Waals surface area contributed by atoms with Gasteiger partial charge in [0.15, 0.2) is 11.9 Å². The van der Waals surface area contributed by atoms with Gasteiger partial charge in [-0.1, -0.05) is 30.7 Å². The number of nitrogens with one attached hydrogen (secondary N) is 1. The van der Waals surface area contributed by atoms with Gasteiger partial charge in [0.2, 0.25) is 0 Å². The van der Waals surface area contributed by atoms with Crippen molar-refractivity contribution in [2.75, 3.05) is 0 Å². The molecule has 146 valence electrons. The summed E-state index contributed by atoms with van der Waals surface area (Å²) in [4.78, 5) is 34.4. The van der Waals surface area contributed by atoms with Gasteiger partial charge in [-0.25, -0.2) is 4.98 Å². The molecule has 0 bridgehead atoms. The van der Waals surface area contributed by atoms with E-state index in [0.717, 1.165) is 35.2 Å². The number of aryl methyl sites for hydroxylation is 1. The fraction of sp³-hybridized carbons (Fsp3) is 0.381. The number of nitrogens with zero attached hydrogens (tertiary/aromatic N) is 1. The van der Waals surface area contributed by atoms with E-state index in [0.29, 0.717) is 22.2 Å². The molecule has 0 radical (unpaired) electrons. The molecule has 4 rings (SSSR count). The molecule has 1 N–H and O–H groups in total. The van der Waals surface area contributed by atoms with Crippen LogP contribution in [-0.2, 0) is 28.8 Å². The summed E-state index contributed by atoms with van der Waals surface area (Å²) >= 11 is 7.45. The predicted molar refractivity (Wildman–Crippen MR) is 111 cm³/mol. The molecule has 1 aromatic carbocycles. The lowest BCUT2D eigenvalue weighted by Crippen LogP contribution is -2.18. The van der Waals surface area contributed by atoms with E-state index in [1.165, 1.54) is 4.88 Å². The van der Waals surface area contributed by atoms with Gasteiger partial charge in [-0.05, 0) is 55.4 Å². The van der Waals surface area contributed by atoms with Crippen LogP contribution in [0.5, 0.6) is 0 Å². The highest BCUT2D eigenvalue weighted by molar-refractivity contribution is 7.18. The van der Waals surface area contributed by atoms with Crippen molar-refractivity contribution in [2.24, 2.45) is 5.92 Å². The summed E-state index contributed by atoms with van der Waals surface area (Å²) in [6.45, 7) is 3.96. The van der Waals surface area contributed by atoms with Gasteiger partial charge in [-0.15, -0.1) is 11.3 Å². The topological polar surface area (TPSA) is 72.0 Å². The average Bonchev–Trinajstić information content (AvgIpc) is 3.01. The van der Waals surface area contributed by atoms with Crippen LogP contribution in [0.25, 0.3) is 10.2 Å². The quantitative estimate of drug-likeness (QED) is 0.630. The van der Waals surface area contributed by atoms with E-state index >= 15 is 0 Å². The first kappa shape index (κ1) is 19.2. The fourth-order valence-corrected chi connectivity index (χ4v) is 5.14. The van der Waals surface area contributed by atoms with Gasteiger partial charge in [0, 0.05) is 9.90 Å². The van der Waals surface area contributed by atoms with Gasteiger partial charge in [-0.2, -0.15) is 0 Å². The van der Waals surface area contributed by atoms with Crippen molar-refractivity contribution in [3.8, 4) is 0 Å². The Morgan fingerprint density at radius 2 is 2.14 bits per heavy atom. The van der Waals surface area contributed by atoms with Crippen molar-refractivity contribution in [1.29, 1.82) is 0 Å². The first-order valence-corrected chi connectivity index (χ1v) is 10.6. The standard InChI is InChI=1S/C21H21ClN2O3S/c1-11-3-8-15-16(9-11)28-21-18(15)20(26)23-19(24-21)12(2)27-17(25)10-13-4-6-14(22)7-5-13/h4-7,11-12H,3,8-10H2,1-2H3,(H,23,24,26)/t11-,12-/m0/s1. The molecule has 0 unspecified atom stereocenters. The van der Waals surface area contributed by atoms with Crippen molar-refractivity contribution in [3.63, 3.8) is 0 Å². The van der Waals surface area contributed by atoms with E-state index in [1.54, 1.807) is 42.5 Å². The lowest BCUT2D eigenvalue weighted by Gasteiger charge is -2.17. The number of ether oxygens (including phenoxy) is 1. The summed E-state index contributed by atoms with van der Waals surface area (Å²) in [6.07, 6.45) is 2.52. The molecule has 2 atom stereocenters. The molecule has 7 heteroatoms. The minimum absolute atomic E-state index is 0.138. The SMILES string of the molecule is C[C@H]1CCc2c(sc3nc([C@H](C)OC(=O)Cc4ccc(Cl)cc4)[nH]c(=O)c23)C1. The van der Waals surface area contributed by atoms with Crippen LogP contribution in [0.15, 0.2) is 29.1 Å². The molecule has 28 heavy (non-hydrogen) atoms. The second kappa shape index (κ2) is 7.68. The first-order valence-electron chi connectivity index (χ1n) is 9.39. The van der Waals surface area contributed by atoms with E-state index < -0.39 is 6.10 Å². The van der Waals surface area contributed by atoms with Crippen LogP contribution in [0.3, 0.4) is 0 Å². The van der Waals surface area contributed by atoms with Crippen LogP contribution in [0, 0.1) is 5.92 Å². The number of H-pyrrole nitrogens is 1. The van der Waals surface area contributed by atoms with E-state index in [4.69, 9.17) is 16.3 Å². The Bertz CT molecular complexity index is 1090. The minimum Gasteiger partial charge on any atom is -0.454 e. The van der Waals surface area contributed by atoms with E-state index in [-0.39, 0.29) is 17.9 Å². The number of esters is 1. The number of thiophene rings is 1. The molecule has 1 aliphatic rings. The molecule has 0 fully saturated rings. The third kappa shape index (κ3) is 3.84. The number of rotatable bonds is 4. The molecule has 5 nitrogen and oxygen atoms in total. The number of carbonyl (C=O) groups is 1. The molecule has 2 heterocycles. The zero-order valence-electron chi connectivity index (χ0n) is 15.8.